The van der Waals surface area contributed by atoms with Gasteiger partial charge in [-0.1, -0.05) is 6.05 Å². The molecule has 0 bridgehead atoms. The molecule has 1 N–H and O–H groups in total. The van der Waals surface area contributed by atoms with Crippen LogP contribution in [0, 0.1) is 0 Å². The Morgan fingerprint density at radius 3 is 3.25 bits per heavy atom. The quantitative estimate of drug-likeness (QED) is 0.450. The van der Waals surface area contributed by atoms with Crippen molar-refractivity contribution in [1.29, 1.82) is 1.43 Å². The van der Waals surface area contributed by atoms with Crippen molar-refractivity contribution >= 4 is 0 Å². The van der Waals surface area contributed by atoms with E-state index in [1.54, 1.807) is 0 Å². The molecule has 0 spiro atoms. The Morgan fingerprint density at radius 1 is 2.50 bits per heavy atom. The predicted molar refractivity (Wildman–Crippen MR) is 17.4 cm³/mol. The van der Waals surface area contributed by atoms with Gasteiger partial charge in [-0.05, 0) is 6.92 Å². The molecule has 0 aromatic carbocycles. The number of rotatable bonds is 1. The molecule has 0 radical (unpaired) electrons. The first kappa shape index (κ1) is 0.744. The third kappa shape index (κ3) is 1.54. The Balaban J connectivity index is 3.72. The second-order valence-electron chi connectivity index (χ2n) is 0.352. The minimum absolute atomic E-state index is 0.0324. The van der Waals surface area contributed by atoms with E-state index in [-0.39, 0.29) is 6.05 Å². The summed E-state index contributed by atoms with van der Waals surface area (Å²) in [4.78, 5) is 0. The molecular formula is C3H6O. The van der Waals surface area contributed by atoms with Crippen LogP contribution in [0.4, 0.5) is 0 Å². The van der Waals surface area contributed by atoms with Gasteiger partial charge in [0.25, 0.3) is 1.43 Å². The van der Waals surface area contributed by atoms with Crippen LogP contribution in [0.15, 0.2) is 12.3 Å². The summed E-state index contributed by atoms with van der Waals surface area (Å²) in [5.41, 5.74) is 0. The second-order valence-corrected chi connectivity index (χ2v) is 0.352. The van der Waals surface area contributed by atoms with E-state index in [4.69, 9.17) is 4.17 Å². The Labute approximate surface area is 29.9 Å². The zero-order valence-electron chi connectivity index (χ0n) is 5.41. The van der Waals surface area contributed by atoms with Gasteiger partial charge in [-0.3, -0.25) is 0 Å². The molecule has 0 aliphatic carbocycles. The van der Waals surface area contributed by atoms with E-state index in [1.807, 2.05) is 0 Å². The second kappa shape index (κ2) is 2.54. The summed E-state index contributed by atoms with van der Waals surface area (Å²) in [5, 5.41) is 3.62. The monoisotopic (exact) mass is 61.1 g/mol. The van der Waals surface area contributed by atoms with Crippen LogP contribution in [0.1, 0.15) is 9.67 Å². The summed E-state index contributed by atoms with van der Waals surface area (Å²) in [6.45, 7) is 1.39. The summed E-state index contributed by atoms with van der Waals surface area (Å²) in [6, 6.07) is -0.0324. The van der Waals surface area contributed by atoms with Crippen LogP contribution in [0.5, 0.6) is 0 Å². The van der Waals surface area contributed by atoms with Gasteiger partial charge in [0.05, 0.1) is 7.61 Å². The van der Waals surface area contributed by atoms with Gasteiger partial charge in [0.15, 0.2) is 0 Å². The van der Waals surface area contributed by atoms with Gasteiger partial charge in [-0.15, -0.1) is 0 Å². The van der Waals surface area contributed by atoms with Gasteiger partial charge >= 0.3 is 0 Å². The third-order valence-corrected chi connectivity index (χ3v) is 0.102. The van der Waals surface area contributed by atoms with E-state index >= 15 is 0 Å². The SMILES string of the molecule is [2H]O/C([2H])=C(\[2H])C. The zero-order chi connectivity index (χ0) is 5.86. The number of hydrogen-bond donors (Lipinski definition) is 1. The Kier molecular flexibility index (Phi) is 0.473. The van der Waals surface area contributed by atoms with Crippen molar-refractivity contribution in [1.82, 2.24) is 0 Å². The lowest BCUT2D eigenvalue weighted by molar-refractivity contribution is 0.472. The summed E-state index contributed by atoms with van der Waals surface area (Å²) in [7, 11) is 0. The Morgan fingerprint density at radius 2 is 3.25 bits per heavy atom. The molecule has 0 fully saturated rings. The van der Waals surface area contributed by atoms with Gasteiger partial charge in [-0.2, -0.15) is 0 Å². The van der Waals surface area contributed by atoms with Gasteiger partial charge in [0.1, 0.15) is 1.37 Å². The van der Waals surface area contributed by atoms with E-state index in [0.29, 0.717) is 0 Å². The van der Waals surface area contributed by atoms with Crippen molar-refractivity contribution in [2.75, 3.05) is 0 Å². The summed E-state index contributed by atoms with van der Waals surface area (Å²) < 4.78 is 19.3. The fourth-order valence-corrected chi connectivity index (χ4v) is 0. The minimum Gasteiger partial charge on any atom is -0.516 e. The van der Waals surface area contributed by atoms with Gasteiger partial charge < -0.3 is 5.11 Å². The van der Waals surface area contributed by atoms with Gasteiger partial charge in [0.2, 0.25) is 0 Å². The fourth-order valence-electron chi connectivity index (χ4n) is 0. The van der Waals surface area contributed by atoms with Crippen LogP contribution >= 0.6 is 0 Å². The average Bonchev–Trinajstić information content (AvgIpc) is 1.65. The van der Waals surface area contributed by atoms with Gasteiger partial charge in [0, 0.05) is 0 Å². The molecule has 0 unspecified atom stereocenters. The predicted octanol–water partition coefficient (Wildman–Crippen LogP) is 1.08. The molecule has 4 heavy (non-hydrogen) atoms. The average molecular weight is 61.1 g/mol. The maximum absolute atomic E-state index is 6.63. The smallest absolute Gasteiger partial charge is 0.292 e. The lowest BCUT2D eigenvalue weighted by Crippen LogP contribution is -1.36. The molecule has 0 amide bonds. The minimum atomic E-state index is -0.403. The van der Waals surface area contributed by atoms with Crippen LogP contribution in [-0.2, 0) is 0 Å². The van der Waals surface area contributed by atoms with Crippen LogP contribution in [0.25, 0.3) is 1.43 Å². The normalized spacial score (nSPS) is 23.8. The molecule has 1 heteroatoms. The van der Waals surface area contributed by atoms with E-state index in [2.05, 4.69) is 5.11 Å². The zero-order valence-corrected chi connectivity index (χ0v) is 2.41. The number of aliphatic hydroxyl groups excluding tert-OH is 1. The van der Waals surface area contributed by atoms with Crippen LogP contribution in [0.3, 0.4) is 0 Å². The highest BCUT2D eigenvalue weighted by molar-refractivity contribution is 4.60. The molecule has 0 heterocycles. The van der Waals surface area contributed by atoms with E-state index < -0.39 is 6.24 Å². The van der Waals surface area contributed by atoms with Crippen molar-refractivity contribution in [2.24, 2.45) is 0 Å². The van der Waals surface area contributed by atoms with Gasteiger partial charge in [-0.25, -0.2) is 0 Å². The molecular weight excluding hydrogens is 52.0 g/mol. The third-order valence-electron chi connectivity index (χ3n) is 0.102. The Bertz CT molecular complexity index is 84.2. The molecule has 0 aromatic heterocycles. The molecule has 0 atom stereocenters. The van der Waals surface area contributed by atoms with Crippen molar-refractivity contribution in [3.05, 3.63) is 12.3 Å². The molecule has 0 rings (SSSR count). The van der Waals surface area contributed by atoms with Crippen molar-refractivity contribution in [3.63, 3.8) is 0 Å². The molecule has 0 saturated carbocycles. The number of allylic oxidation sites excluding steroid dienone is 1. The fraction of sp³-hybridized carbons (Fsp3) is 0.333. The van der Waals surface area contributed by atoms with Crippen molar-refractivity contribution in [3.8, 4) is 0 Å². The highest BCUT2D eigenvalue weighted by atomic mass is 16.2. The first-order valence-electron chi connectivity index (χ1n) is 2.36. The first-order valence-corrected chi connectivity index (χ1v) is 0.954. The Hall–Kier alpha value is -0.460. The van der Waals surface area contributed by atoms with E-state index in [0.717, 1.165) is 0 Å². The van der Waals surface area contributed by atoms with E-state index in [9.17, 15) is 0 Å². The molecule has 0 aliphatic rings. The topological polar surface area (TPSA) is 20.2 Å². The lowest BCUT2D eigenvalue weighted by Gasteiger charge is -1.53. The van der Waals surface area contributed by atoms with Crippen LogP contribution in [-0.4, -0.2) is 5.11 Å². The number of hydrogen-bond acceptors (Lipinski definition) is 1. The summed E-state index contributed by atoms with van der Waals surface area (Å²) in [5.74, 6) is 0. The molecule has 24 valence electrons. The maximum atomic E-state index is 6.63. The molecule has 0 aromatic rings. The summed E-state index contributed by atoms with van der Waals surface area (Å²) in [6.07, 6.45) is -0.403. The molecule has 0 saturated heterocycles. The maximum Gasteiger partial charge on any atom is 0.292 e. The number of aliphatic hydroxyl groups is 1. The molecule has 1 nitrogen and oxygen atoms in total. The van der Waals surface area contributed by atoms with Crippen molar-refractivity contribution < 1.29 is 7.85 Å². The highest BCUT2D eigenvalue weighted by Gasteiger charge is 1.35. The summed E-state index contributed by atoms with van der Waals surface area (Å²) >= 11 is 0. The highest BCUT2D eigenvalue weighted by Crippen LogP contribution is 1.51. The van der Waals surface area contributed by atoms with Crippen LogP contribution in [0.2, 0.25) is 0 Å². The van der Waals surface area contributed by atoms with Crippen LogP contribution < -0.4 is 0 Å². The standard InChI is InChI=1S/C3H6O/c1-2-3-4/h2-4H,1H3/b3-2+/i2D,3D/hD. The lowest BCUT2D eigenvalue weighted by atomic mass is 10.8. The van der Waals surface area contributed by atoms with E-state index in [1.165, 1.54) is 6.92 Å². The largest absolute Gasteiger partial charge is 0.516 e. The molecule has 0 aliphatic heterocycles. The van der Waals surface area contributed by atoms with Crippen molar-refractivity contribution in [2.45, 2.75) is 6.92 Å². The first-order chi connectivity index (χ1) is 3.18.